The third-order valence-corrected chi connectivity index (χ3v) is 4.20. The molecule has 7 heteroatoms. The van der Waals surface area contributed by atoms with Crippen molar-refractivity contribution in [2.75, 3.05) is 4.72 Å². The SMILES string of the molecule is Cc1cc(F)cc(NS(=O)(=O)c2cc(CO)n(C)c2)c1. The van der Waals surface area contributed by atoms with Crippen LogP contribution in [0.1, 0.15) is 11.3 Å². The van der Waals surface area contributed by atoms with Gasteiger partial charge in [-0.3, -0.25) is 4.72 Å². The molecule has 0 unspecified atom stereocenters. The highest BCUT2D eigenvalue weighted by atomic mass is 32.2. The van der Waals surface area contributed by atoms with Gasteiger partial charge in [-0.05, 0) is 36.8 Å². The lowest BCUT2D eigenvalue weighted by molar-refractivity contribution is 0.272. The molecule has 2 N–H and O–H groups in total. The van der Waals surface area contributed by atoms with E-state index in [2.05, 4.69) is 4.72 Å². The number of aryl methyl sites for hydroxylation is 2. The predicted octanol–water partition coefficient (Wildman–Crippen LogP) is 1.77. The summed E-state index contributed by atoms with van der Waals surface area (Å²) in [5, 5.41) is 9.07. The lowest BCUT2D eigenvalue weighted by Gasteiger charge is -2.07. The zero-order valence-electron chi connectivity index (χ0n) is 11.1. The fraction of sp³-hybridized carbons (Fsp3) is 0.231. The Morgan fingerprint density at radius 1 is 1.30 bits per heavy atom. The van der Waals surface area contributed by atoms with E-state index in [0.29, 0.717) is 11.3 Å². The molecule has 0 atom stereocenters. The van der Waals surface area contributed by atoms with Crippen molar-refractivity contribution in [3.8, 4) is 0 Å². The first-order chi connectivity index (χ1) is 9.31. The van der Waals surface area contributed by atoms with Crippen LogP contribution in [0.5, 0.6) is 0 Å². The number of benzene rings is 1. The number of hydrogen-bond acceptors (Lipinski definition) is 3. The molecule has 0 bridgehead atoms. The van der Waals surface area contributed by atoms with Crippen molar-refractivity contribution >= 4 is 15.7 Å². The van der Waals surface area contributed by atoms with Crippen molar-refractivity contribution in [1.29, 1.82) is 0 Å². The maximum atomic E-state index is 13.3. The minimum absolute atomic E-state index is 0.0194. The molecule has 108 valence electrons. The van der Waals surface area contributed by atoms with Crippen LogP contribution in [0.3, 0.4) is 0 Å². The monoisotopic (exact) mass is 298 g/mol. The van der Waals surface area contributed by atoms with E-state index in [9.17, 15) is 12.8 Å². The summed E-state index contributed by atoms with van der Waals surface area (Å²) in [7, 11) is -2.17. The number of anilines is 1. The van der Waals surface area contributed by atoms with Gasteiger partial charge in [-0.25, -0.2) is 12.8 Å². The molecule has 0 saturated heterocycles. The van der Waals surface area contributed by atoms with Gasteiger partial charge in [-0.15, -0.1) is 0 Å². The van der Waals surface area contributed by atoms with Gasteiger partial charge in [0.2, 0.25) is 0 Å². The molecule has 0 saturated carbocycles. The third-order valence-electron chi connectivity index (χ3n) is 2.85. The number of halogens is 1. The fourth-order valence-corrected chi connectivity index (χ4v) is 3.02. The smallest absolute Gasteiger partial charge is 0.263 e. The van der Waals surface area contributed by atoms with E-state index < -0.39 is 15.8 Å². The summed E-state index contributed by atoms with van der Waals surface area (Å²) in [6.45, 7) is 1.42. The fourth-order valence-electron chi connectivity index (χ4n) is 1.89. The van der Waals surface area contributed by atoms with Crippen LogP contribution in [0.25, 0.3) is 0 Å². The molecule has 0 aliphatic heterocycles. The second-order valence-electron chi connectivity index (χ2n) is 4.56. The maximum Gasteiger partial charge on any atom is 0.263 e. The largest absolute Gasteiger partial charge is 0.390 e. The third kappa shape index (κ3) is 3.00. The number of hydrogen-bond donors (Lipinski definition) is 2. The van der Waals surface area contributed by atoms with Crippen molar-refractivity contribution in [3.63, 3.8) is 0 Å². The number of aliphatic hydroxyl groups is 1. The van der Waals surface area contributed by atoms with Gasteiger partial charge in [0.15, 0.2) is 0 Å². The number of nitrogens with zero attached hydrogens (tertiary/aromatic N) is 1. The van der Waals surface area contributed by atoms with Crippen molar-refractivity contribution in [2.45, 2.75) is 18.4 Å². The highest BCUT2D eigenvalue weighted by Crippen LogP contribution is 2.20. The first kappa shape index (κ1) is 14.5. The quantitative estimate of drug-likeness (QED) is 0.903. The summed E-state index contributed by atoms with van der Waals surface area (Å²) in [5.41, 5.74) is 1.25. The van der Waals surface area contributed by atoms with Gasteiger partial charge in [-0.2, -0.15) is 0 Å². The van der Waals surface area contributed by atoms with E-state index in [4.69, 9.17) is 5.11 Å². The first-order valence-electron chi connectivity index (χ1n) is 5.88. The van der Waals surface area contributed by atoms with E-state index >= 15 is 0 Å². The van der Waals surface area contributed by atoms with Gasteiger partial charge < -0.3 is 9.67 Å². The zero-order valence-corrected chi connectivity index (χ0v) is 11.9. The van der Waals surface area contributed by atoms with Crippen LogP contribution in [0.4, 0.5) is 10.1 Å². The molecule has 1 heterocycles. The van der Waals surface area contributed by atoms with Gasteiger partial charge in [0, 0.05) is 18.9 Å². The Bertz CT molecular complexity index is 718. The standard InChI is InChI=1S/C13H15FN2O3S/c1-9-3-10(14)5-11(4-9)15-20(18,19)13-6-12(8-17)16(2)7-13/h3-7,15,17H,8H2,1-2H3. The minimum atomic E-state index is -3.81. The number of aromatic nitrogens is 1. The van der Waals surface area contributed by atoms with Crippen molar-refractivity contribution in [3.05, 3.63) is 47.5 Å². The van der Waals surface area contributed by atoms with Gasteiger partial charge in [0.05, 0.1) is 12.3 Å². The molecule has 0 amide bonds. The molecule has 2 aromatic rings. The molecule has 1 aromatic carbocycles. The molecule has 1 aromatic heterocycles. The number of rotatable bonds is 4. The summed E-state index contributed by atoms with van der Waals surface area (Å²) in [4.78, 5) is 0.0194. The molecule has 0 aliphatic carbocycles. The highest BCUT2D eigenvalue weighted by Gasteiger charge is 2.18. The Labute approximate surface area is 116 Å². The predicted molar refractivity (Wildman–Crippen MR) is 73.3 cm³/mol. The van der Waals surface area contributed by atoms with Gasteiger partial charge >= 0.3 is 0 Å². The van der Waals surface area contributed by atoms with E-state index in [1.54, 1.807) is 14.0 Å². The first-order valence-corrected chi connectivity index (χ1v) is 7.36. The molecule has 0 fully saturated rings. The average molecular weight is 298 g/mol. The van der Waals surface area contributed by atoms with Crippen molar-refractivity contribution in [1.82, 2.24) is 4.57 Å². The second kappa shape index (κ2) is 5.26. The van der Waals surface area contributed by atoms with Crippen LogP contribution in [0.15, 0.2) is 35.4 Å². The summed E-state index contributed by atoms with van der Waals surface area (Å²) >= 11 is 0. The minimum Gasteiger partial charge on any atom is -0.390 e. The summed E-state index contributed by atoms with van der Waals surface area (Å²) < 4.78 is 41.4. The number of aliphatic hydroxyl groups excluding tert-OH is 1. The number of sulfonamides is 1. The van der Waals surface area contributed by atoms with Crippen LogP contribution >= 0.6 is 0 Å². The van der Waals surface area contributed by atoms with Crippen molar-refractivity contribution < 1.29 is 17.9 Å². The molecule has 0 spiro atoms. The highest BCUT2D eigenvalue weighted by molar-refractivity contribution is 7.92. The van der Waals surface area contributed by atoms with Crippen LogP contribution < -0.4 is 4.72 Å². The van der Waals surface area contributed by atoms with Crippen LogP contribution in [-0.4, -0.2) is 18.1 Å². The van der Waals surface area contributed by atoms with Gasteiger partial charge in [0.25, 0.3) is 10.0 Å². The Kier molecular flexibility index (Phi) is 3.82. The van der Waals surface area contributed by atoms with E-state index in [1.807, 2.05) is 0 Å². The molecule has 0 aliphatic rings. The van der Waals surface area contributed by atoms with E-state index in [0.717, 1.165) is 6.07 Å². The topological polar surface area (TPSA) is 71.3 Å². The Hall–Kier alpha value is -1.86. The Morgan fingerprint density at radius 2 is 2.00 bits per heavy atom. The Balaban J connectivity index is 2.35. The van der Waals surface area contributed by atoms with E-state index in [1.165, 1.54) is 29.0 Å². The lowest BCUT2D eigenvalue weighted by atomic mass is 10.2. The van der Waals surface area contributed by atoms with Gasteiger partial charge in [-0.1, -0.05) is 0 Å². The molecule has 20 heavy (non-hydrogen) atoms. The number of nitrogens with one attached hydrogen (secondary N) is 1. The molecular weight excluding hydrogens is 283 g/mol. The molecular formula is C13H15FN2O3S. The summed E-state index contributed by atoms with van der Waals surface area (Å²) in [6, 6.07) is 5.33. The maximum absolute atomic E-state index is 13.3. The summed E-state index contributed by atoms with van der Waals surface area (Å²) in [6.07, 6.45) is 1.39. The Morgan fingerprint density at radius 3 is 2.55 bits per heavy atom. The van der Waals surface area contributed by atoms with Crippen LogP contribution in [-0.2, 0) is 23.7 Å². The van der Waals surface area contributed by atoms with Gasteiger partial charge in [0.1, 0.15) is 10.7 Å². The normalized spacial score (nSPS) is 11.6. The van der Waals surface area contributed by atoms with E-state index in [-0.39, 0.29) is 17.2 Å². The average Bonchev–Trinajstić information content (AvgIpc) is 2.69. The molecule has 2 rings (SSSR count). The zero-order chi connectivity index (χ0) is 14.9. The lowest BCUT2D eigenvalue weighted by Crippen LogP contribution is -2.12. The second-order valence-corrected chi connectivity index (χ2v) is 6.24. The molecule has 0 radical (unpaired) electrons. The molecule has 5 nitrogen and oxygen atoms in total. The van der Waals surface area contributed by atoms with Crippen LogP contribution in [0, 0.1) is 12.7 Å². The summed E-state index contributed by atoms with van der Waals surface area (Å²) in [5.74, 6) is -0.508. The van der Waals surface area contributed by atoms with Crippen LogP contribution in [0.2, 0.25) is 0 Å². The van der Waals surface area contributed by atoms with Crippen molar-refractivity contribution in [2.24, 2.45) is 7.05 Å².